The SMILES string of the molecule is CC.CC.CNCC(=O)Nc1nn(C)c2c(C)ccc(Cl)c12. The molecule has 0 aliphatic rings. The summed E-state index contributed by atoms with van der Waals surface area (Å²) in [5, 5.41) is 11.2. The number of anilines is 1. The number of benzene rings is 1. The van der Waals surface area contributed by atoms with Gasteiger partial charge in [-0.2, -0.15) is 5.10 Å². The highest BCUT2D eigenvalue weighted by Gasteiger charge is 2.15. The van der Waals surface area contributed by atoms with Crippen LogP contribution in [-0.2, 0) is 11.8 Å². The lowest BCUT2D eigenvalue weighted by atomic mass is 10.1. The van der Waals surface area contributed by atoms with Crippen LogP contribution in [0.25, 0.3) is 10.9 Å². The van der Waals surface area contributed by atoms with Gasteiger partial charge in [0.1, 0.15) is 0 Å². The van der Waals surface area contributed by atoms with Gasteiger partial charge in [0.2, 0.25) is 5.91 Å². The number of aryl methyl sites for hydroxylation is 2. The maximum Gasteiger partial charge on any atom is 0.239 e. The quantitative estimate of drug-likeness (QED) is 0.903. The van der Waals surface area contributed by atoms with E-state index in [0.29, 0.717) is 10.8 Å². The normalized spacial score (nSPS) is 9.45. The van der Waals surface area contributed by atoms with E-state index < -0.39 is 0 Å². The number of amides is 1. The summed E-state index contributed by atoms with van der Waals surface area (Å²) in [6, 6.07) is 3.75. The van der Waals surface area contributed by atoms with Crippen molar-refractivity contribution in [2.24, 2.45) is 7.05 Å². The van der Waals surface area contributed by atoms with Crippen LogP contribution in [0.5, 0.6) is 0 Å². The first-order chi connectivity index (χ1) is 10.5. The third-order valence-electron chi connectivity index (χ3n) is 2.73. The molecule has 1 aromatic heterocycles. The smallest absolute Gasteiger partial charge is 0.239 e. The molecular formula is C16H27ClN4O. The van der Waals surface area contributed by atoms with Crippen LogP contribution >= 0.6 is 11.6 Å². The molecule has 1 amide bonds. The van der Waals surface area contributed by atoms with Gasteiger partial charge in [-0.25, -0.2) is 0 Å². The molecule has 6 heteroatoms. The summed E-state index contributed by atoms with van der Waals surface area (Å²) >= 11 is 6.19. The van der Waals surface area contributed by atoms with Crippen LogP contribution in [0.3, 0.4) is 0 Å². The van der Waals surface area contributed by atoms with Crippen molar-refractivity contribution in [3.8, 4) is 0 Å². The molecule has 1 aromatic carbocycles. The third-order valence-corrected chi connectivity index (χ3v) is 3.05. The first-order valence-electron chi connectivity index (χ1n) is 7.61. The minimum Gasteiger partial charge on any atom is -0.311 e. The Morgan fingerprint density at radius 1 is 1.27 bits per heavy atom. The Balaban J connectivity index is 0.00000102. The van der Waals surface area contributed by atoms with Crippen LogP contribution in [-0.4, -0.2) is 29.3 Å². The Kier molecular flexibility index (Phi) is 9.45. The van der Waals surface area contributed by atoms with E-state index in [1.165, 1.54) is 0 Å². The summed E-state index contributed by atoms with van der Waals surface area (Å²) in [6.45, 7) is 10.2. The molecule has 0 aliphatic carbocycles. The van der Waals surface area contributed by atoms with Gasteiger partial charge in [-0.15, -0.1) is 0 Å². The number of fused-ring (bicyclic) bond motifs is 1. The third kappa shape index (κ3) is 4.71. The molecule has 0 atom stereocenters. The fourth-order valence-electron chi connectivity index (χ4n) is 1.99. The van der Waals surface area contributed by atoms with E-state index in [-0.39, 0.29) is 12.5 Å². The van der Waals surface area contributed by atoms with Gasteiger partial charge in [-0.05, 0) is 25.6 Å². The van der Waals surface area contributed by atoms with E-state index >= 15 is 0 Å². The minimum absolute atomic E-state index is 0.143. The van der Waals surface area contributed by atoms with Crippen LogP contribution in [0.4, 0.5) is 5.82 Å². The highest BCUT2D eigenvalue weighted by Crippen LogP contribution is 2.31. The first kappa shape index (κ1) is 20.4. The van der Waals surface area contributed by atoms with Crippen LogP contribution < -0.4 is 10.6 Å². The van der Waals surface area contributed by atoms with Crippen LogP contribution in [0.15, 0.2) is 12.1 Å². The van der Waals surface area contributed by atoms with Crippen molar-refractivity contribution >= 4 is 34.2 Å². The number of hydrogen-bond donors (Lipinski definition) is 2. The second kappa shape index (κ2) is 10.2. The van der Waals surface area contributed by atoms with E-state index in [4.69, 9.17) is 11.6 Å². The van der Waals surface area contributed by atoms with Crippen molar-refractivity contribution < 1.29 is 4.79 Å². The summed E-state index contributed by atoms with van der Waals surface area (Å²) in [4.78, 5) is 11.6. The Hall–Kier alpha value is -1.59. The summed E-state index contributed by atoms with van der Waals surface area (Å²) in [5.74, 6) is 0.358. The molecule has 5 nitrogen and oxygen atoms in total. The number of halogens is 1. The highest BCUT2D eigenvalue weighted by molar-refractivity contribution is 6.36. The van der Waals surface area contributed by atoms with E-state index in [9.17, 15) is 4.79 Å². The van der Waals surface area contributed by atoms with Gasteiger partial charge < -0.3 is 10.6 Å². The zero-order valence-electron chi connectivity index (χ0n) is 14.5. The van der Waals surface area contributed by atoms with Crippen molar-refractivity contribution in [1.29, 1.82) is 0 Å². The topological polar surface area (TPSA) is 59.0 Å². The van der Waals surface area contributed by atoms with Gasteiger partial charge in [-0.3, -0.25) is 9.48 Å². The lowest BCUT2D eigenvalue weighted by molar-refractivity contribution is -0.115. The van der Waals surface area contributed by atoms with Crippen molar-refractivity contribution in [3.05, 3.63) is 22.7 Å². The van der Waals surface area contributed by atoms with Crippen LogP contribution in [0.2, 0.25) is 5.02 Å². The number of nitrogens with one attached hydrogen (secondary N) is 2. The first-order valence-corrected chi connectivity index (χ1v) is 7.98. The van der Waals surface area contributed by atoms with Gasteiger partial charge >= 0.3 is 0 Å². The van der Waals surface area contributed by atoms with Crippen molar-refractivity contribution in [3.63, 3.8) is 0 Å². The number of aromatic nitrogens is 2. The van der Waals surface area contributed by atoms with Gasteiger partial charge in [0, 0.05) is 7.05 Å². The Morgan fingerprint density at radius 2 is 1.86 bits per heavy atom. The van der Waals surface area contributed by atoms with Gasteiger partial charge in [0.25, 0.3) is 0 Å². The monoisotopic (exact) mass is 326 g/mol. The maximum absolute atomic E-state index is 11.6. The molecule has 0 fully saturated rings. The largest absolute Gasteiger partial charge is 0.311 e. The molecule has 124 valence electrons. The lowest BCUT2D eigenvalue weighted by Crippen LogP contribution is -2.25. The van der Waals surface area contributed by atoms with E-state index in [0.717, 1.165) is 16.5 Å². The summed E-state index contributed by atoms with van der Waals surface area (Å²) in [5.41, 5.74) is 2.00. The molecule has 0 spiro atoms. The maximum atomic E-state index is 11.6. The number of carbonyl (C=O) groups excluding carboxylic acids is 1. The molecule has 0 unspecified atom stereocenters. The fourth-order valence-corrected chi connectivity index (χ4v) is 2.23. The Morgan fingerprint density at radius 3 is 2.41 bits per heavy atom. The lowest BCUT2D eigenvalue weighted by Gasteiger charge is -2.03. The van der Waals surface area contributed by atoms with Crippen molar-refractivity contribution in [1.82, 2.24) is 15.1 Å². The van der Waals surface area contributed by atoms with Crippen molar-refractivity contribution in [2.45, 2.75) is 34.6 Å². The Bertz CT molecular complexity index is 608. The highest BCUT2D eigenvalue weighted by atomic mass is 35.5. The average Bonchev–Trinajstić information content (AvgIpc) is 2.85. The van der Waals surface area contributed by atoms with Crippen molar-refractivity contribution in [2.75, 3.05) is 18.9 Å². The standard InChI is InChI=1S/C12H15ClN4O.2C2H6/c1-7-4-5-8(13)10-11(7)17(3)16-12(10)15-9(18)6-14-2;2*1-2/h4-5,14H,6H2,1-3H3,(H,15,16,18);2*1-2H3. The molecule has 0 aliphatic heterocycles. The van der Waals surface area contributed by atoms with E-state index in [1.807, 2.05) is 53.8 Å². The number of rotatable bonds is 3. The fraction of sp³-hybridized carbons (Fsp3) is 0.500. The molecule has 0 saturated heterocycles. The minimum atomic E-state index is -0.143. The summed E-state index contributed by atoms with van der Waals surface area (Å²) < 4.78 is 1.73. The second-order valence-corrected chi connectivity index (χ2v) is 4.55. The molecule has 2 aromatic rings. The van der Waals surface area contributed by atoms with Crippen LogP contribution in [0.1, 0.15) is 33.3 Å². The molecule has 2 rings (SSSR count). The molecule has 0 bridgehead atoms. The number of likely N-dealkylation sites (N-methyl/N-ethyl adjacent to an activating group) is 1. The van der Waals surface area contributed by atoms with E-state index in [2.05, 4.69) is 15.7 Å². The molecule has 2 N–H and O–H groups in total. The summed E-state index contributed by atoms with van der Waals surface area (Å²) in [7, 11) is 3.55. The Labute approximate surface area is 138 Å². The van der Waals surface area contributed by atoms with Gasteiger partial charge in [-0.1, -0.05) is 45.4 Å². The summed E-state index contributed by atoms with van der Waals surface area (Å²) in [6.07, 6.45) is 0. The van der Waals surface area contributed by atoms with E-state index in [1.54, 1.807) is 11.7 Å². The predicted octanol–water partition coefficient (Wildman–Crippen LogP) is 3.75. The molecule has 1 heterocycles. The second-order valence-electron chi connectivity index (χ2n) is 4.14. The molecule has 0 saturated carbocycles. The number of nitrogens with zero attached hydrogens (tertiary/aromatic N) is 2. The van der Waals surface area contributed by atoms with Crippen LogP contribution in [0, 0.1) is 6.92 Å². The zero-order chi connectivity index (χ0) is 17.3. The van der Waals surface area contributed by atoms with Gasteiger partial charge in [0.15, 0.2) is 5.82 Å². The number of carbonyl (C=O) groups is 1. The zero-order valence-corrected chi connectivity index (χ0v) is 15.3. The molecule has 0 radical (unpaired) electrons. The van der Waals surface area contributed by atoms with Gasteiger partial charge in [0.05, 0.1) is 22.5 Å². The molecule has 22 heavy (non-hydrogen) atoms. The average molecular weight is 327 g/mol. The molecular weight excluding hydrogens is 300 g/mol. The predicted molar refractivity (Wildman–Crippen MR) is 95.7 cm³/mol. The number of hydrogen-bond acceptors (Lipinski definition) is 3.